The highest BCUT2D eigenvalue weighted by atomic mass is 19.4. The largest absolute Gasteiger partial charge is 0.417 e. The van der Waals surface area contributed by atoms with E-state index in [0.29, 0.717) is 11.7 Å². The zero-order valence-corrected chi connectivity index (χ0v) is 9.54. The molecular weight excluding hydrogens is 217 g/mol. The Morgan fingerprint density at radius 1 is 1.31 bits per heavy atom. The number of anilines is 1. The second-order valence-electron chi connectivity index (χ2n) is 4.18. The molecule has 0 N–H and O–H groups in total. The number of alkyl halides is 3. The highest BCUT2D eigenvalue weighted by molar-refractivity contribution is 5.38. The summed E-state index contributed by atoms with van der Waals surface area (Å²) < 4.78 is 36.8. The van der Waals surface area contributed by atoms with Crippen molar-refractivity contribution in [2.24, 2.45) is 5.92 Å². The summed E-state index contributed by atoms with van der Waals surface area (Å²) in [7, 11) is 1.82. The van der Waals surface area contributed by atoms with Gasteiger partial charge >= 0.3 is 6.18 Å². The van der Waals surface area contributed by atoms with Gasteiger partial charge in [0.15, 0.2) is 0 Å². The number of nitrogens with zero attached hydrogens (tertiary/aromatic N) is 2. The predicted octanol–water partition coefficient (Wildman–Crippen LogP) is 3.19. The van der Waals surface area contributed by atoms with Crippen LogP contribution in [-0.4, -0.2) is 18.6 Å². The standard InChI is InChI=1S/C11H15F3N2/c1-8(2)7-16(3)10-5-4-9(6-15-10)11(12,13)14/h4-6,8H,7H2,1-3H3. The van der Waals surface area contributed by atoms with Crippen molar-refractivity contribution in [1.82, 2.24) is 4.98 Å². The number of rotatable bonds is 3. The maximum absolute atomic E-state index is 12.3. The molecule has 1 rings (SSSR count). The zero-order chi connectivity index (χ0) is 12.3. The molecular formula is C11H15F3N2. The normalized spacial score (nSPS) is 11.9. The van der Waals surface area contributed by atoms with Crippen molar-refractivity contribution in [2.75, 3.05) is 18.5 Å². The Bertz CT molecular complexity index is 330. The van der Waals surface area contributed by atoms with Crippen molar-refractivity contribution in [3.8, 4) is 0 Å². The molecule has 0 aliphatic rings. The van der Waals surface area contributed by atoms with Crippen molar-refractivity contribution < 1.29 is 13.2 Å². The molecule has 0 unspecified atom stereocenters. The highest BCUT2D eigenvalue weighted by Gasteiger charge is 2.30. The molecule has 90 valence electrons. The quantitative estimate of drug-likeness (QED) is 0.795. The van der Waals surface area contributed by atoms with E-state index >= 15 is 0 Å². The van der Waals surface area contributed by atoms with Gasteiger partial charge in [-0.1, -0.05) is 13.8 Å². The van der Waals surface area contributed by atoms with Gasteiger partial charge < -0.3 is 4.90 Å². The Labute approximate surface area is 93.1 Å². The van der Waals surface area contributed by atoms with Crippen LogP contribution in [0.3, 0.4) is 0 Å². The molecule has 0 saturated heterocycles. The number of hydrogen-bond acceptors (Lipinski definition) is 2. The summed E-state index contributed by atoms with van der Waals surface area (Å²) >= 11 is 0. The van der Waals surface area contributed by atoms with E-state index in [9.17, 15) is 13.2 Å². The van der Waals surface area contributed by atoms with Gasteiger partial charge in [-0.3, -0.25) is 0 Å². The molecule has 1 heterocycles. The summed E-state index contributed by atoms with van der Waals surface area (Å²) in [4.78, 5) is 5.64. The van der Waals surface area contributed by atoms with Crippen molar-refractivity contribution in [3.05, 3.63) is 23.9 Å². The molecule has 16 heavy (non-hydrogen) atoms. The van der Waals surface area contributed by atoms with Crippen molar-refractivity contribution in [3.63, 3.8) is 0 Å². The third kappa shape index (κ3) is 3.40. The van der Waals surface area contributed by atoms with Crippen LogP contribution in [0.1, 0.15) is 19.4 Å². The molecule has 1 aromatic rings. The maximum atomic E-state index is 12.3. The van der Waals surface area contributed by atoms with Gasteiger partial charge in [-0.15, -0.1) is 0 Å². The number of pyridine rings is 1. The summed E-state index contributed by atoms with van der Waals surface area (Å²) in [6.45, 7) is 4.85. The van der Waals surface area contributed by atoms with Crippen LogP contribution in [0.5, 0.6) is 0 Å². The van der Waals surface area contributed by atoms with Crippen LogP contribution < -0.4 is 4.90 Å². The minimum atomic E-state index is -4.32. The molecule has 0 atom stereocenters. The Hall–Kier alpha value is -1.26. The first-order chi connectivity index (χ1) is 7.30. The van der Waals surface area contributed by atoms with E-state index in [4.69, 9.17) is 0 Å². The number of aromatic nitrogens is 1. The molecule has 0 bridgehead atoms. The molecule has 0 aromatic carbocycles. The van der Waals surface area contributed by atoms with Crippen LogP contribution in [0.2, 0.25) is 0 Å². The van der Waals surface area contributed by atoms with Gasteiger partial charge in [-0.25, -0.2) is 4.98 Å². The molecule has 0 spiro atoms. The summed E-state index contributed by atoms with van der Waals surface area (Å²) in [5.41, 5.74) is -0.714. The average Bonchev–Trinajstić information content (AvgIpc) is 2.15. The average molecular weight is 232 g/mol. The Kier molecular flexibility index (Phi) is 3.78. The number of hydrogen-bond donors (Lipinski definition) is 0. The van der Waals surface area contributed by atoms with Gasteiger partial charge in [0.25, 0.3) is 0 Å². The highest BCUT2D eigenvalue weighted by Crippen LogP contribution is 2.29. The molecule has 0 aliphatic heterocycles. The summed E-state index contributed by atoms with van der Waals surface area (Å²) in [6, 6.07) is 2.45. The summed E-state index contributed by atoms with van der Waals surface area (Å²) in [5, 5.41) is 0. The third-order valence-corrected chi connectivity index (χ3v) is 2.11. The van der Waals surface area contributed by atoms with E-state index in [1.54, 1.807) is 0 Å². The Morgan fingerprint density at radius 3 is 2.31 bits per heavy atom. The second-order valence-corrected chi connectivity index (χ2v) is 4.18. The van der Waals surface area contributed by atoms with Gasteiger partial charge in [0.05, 0.1) is 5.56 Å². The number of halogens is 3. The molecule has 0 radical (unpaired) electrons. The lowest BCUT2D eigenvalue weighted by Gasteiger charge is -2.20. The van der Waals surface area contributed by atoms with Gasteiger partial charge in [0, 0.05) is 19.8 Å². The topological polar surface area (TPSA) is 16.1 Å². The fraction of sp³-hybridized carbons (Fsp3) is 0.545. The lowest BCUT2D eigenvalue weighted by Crippen LogP contribution is -2.23. The Morgan fingerprint density at radius 2 is 1.94 bits per heavy atom. The lowest BCUT2D eigenvalue weighted by atomic mass is 10.2. The SMILES string of the molecule is CC(C)CN(C)c1ccc(C(F)(F)F)cn1. The molecule has 0 saturated carbocycles. The van der Waals surface area contributed by atoms with Crippen LogP contribution in [0.4, 0.5) is 19.0 Å². The van der Waals surface area contributed by atoms with E-state index in [0.717, 1.165) is 18.8 Å². The fourth-order valence-electron chi connectivity index (χ4n) is 1.42. The van der Waals surface area contributed by atoms with Crippen LogP contribution in [0.25, 0.3) is 0 Å². The second kappa shape index (κ2) is 4.72. The van der Waals surface area contributed by atoms with Crippen LogP contribution in [-0.2, 0) is 6.18 Å². The fourth-order valence-corrected chi connectivity index (χ4v) is 1.42. The van der Waals surface area contributed by atoms with E-state index in [2.05, 4.69) is 4.98 Å². The van der Waals surface area contributed by atoms with Crippen LogP contribution in [0.15, 0.2) is 18.3 Å². The molecule has 0 amide bonds. The molecule has 0 fully saturated rings. The smallest absolute Gasteiger partial charge is 0.359 e. The first-order valence-electron chi connectivity index (χ1n) is 5.05. The van der Waals surface area contributed by atoms with Gasteiger partial charge in [0.1, 0.15) is 5.82 Å². The van der Waals surface area contributed by atoms with E-state index in [1.807, 2.05) is 25.8 Å². The first-order valence-corrected chi connectivity index (χ1v) is 5.05. The molecule has 1 aromatic heterocycles. The lowest BCUT2D eigenvalue weighted by molar-refractivity contribution is -0.137. The van der Waals surface area contributed by atoms with Crippen molar-refractivity contribution in [2.45, 2.75) is 20.0 Å². The zero-order valence-electron chi connectivity index (χ0n) is 9.54. The van der Waals surface area contributed by atoms with Gasteiger partial charge in [-0.2, -0.15) is 13.2 Å². The van der Waals surface area contributed by atoms with Crippen molar-refractivity contribution >= 4 is 5.82 Å². The monoisotopic (exact) mass is 232 g/mol. The third-order valence-electron chi connectivity index (χ3n) is 2.11. The van der Waals surface area contributed by atoms with E-state index in [-0.39, 0.29) is 0 Å². The van der Waals surface area contributed by atoms with Crippen molar-refractivity contribution in [1.29, 1.82) is 0 Å². The van der Waals surface area contributed by atoms with E-state index < -0.39 is 11.7 Å². The van der Waals surface area contributed by atoms with Gasteiger partial charge in [-0.05, 0) is 18.1 Å². The first kappa shape index (κ1) is 12.8. The summed E-state index contributed by atoms with van der Waals surface area (Å²) in [5.74, 6) is 0.996. The molecule has 5 heteroatoms. The van der Waals surface area contributed by atoms with E-state index in [1.165, 1.54) is 6.07 Å². The van der Waals surface area contributed by atoms with Gasteiger partial charge in [0.2, 0.25) is 0 Å². The minimum Gasteiger partial charge on any atom is -0.359 e. The molecule has 0 aliphatic carbocycles. The summed E-state index contributed by atoms with van der Waals surface area (Å²) in [6.07, 6.45) is -3.45. The maximum Gasteiger partial charge on any atom is 0.417 e. The Balaban J connectivity index is 2.79. The molecule has 2 nitrogen and oxygen atoms in total. The minimum absolute atomic E-state index is 0.439. The predicted molar refractivity (Wildman–Crippen MR) is 57.3 cm³/mol. The van der Waals surface area contributed by atoms with Crippen LogP contribution in [0, 0.1) is 5.92 Å². The van der Waals surface area contributed by atoms with Crippen LogP contribution >= 0.6 is 0 Å².